The zero-order chi connectivity index (χ0) is 32.3. The number of rotatable bonds is 1. The van der Waals surface area contributed by atoms with E-state index in [1.165, 1.54) is 53.9 Å². The highest BCUT2D eigenvalue weighted by Crippen LogP contribution is 2.62. The van der Waals surface area contributed by atoms with Crippen molar-refractivity contribution < 1.29 is 0 Å². The van der Waals surface area contributed by atoms with Crippen LogP contribution in [0.2, 0.25) is 0 Å². The second-order valence-corrected chi connectivity index (χ2v) is 14.1. The number of nitrogens with zero attached hydrogens (tertiary/aromatic N) is 3. The highest BCUT2D eigenvalue weighted by atomic mass is 32.2. The fraction of sp³-hybridized carbons (Fsp3) is 0.0222. The molecule has 49 heavy (non-hydrogen) atoms. The fourth-order valence-corrected chi connectivity index (χ4v) is 9.83. The Morgan fingerprint density at radius 3 is 1.92 bits per heavy atom. The molecule has 11 rings (SSSR count). The molecule has 7 aromatic carbocycles. The number of nitriles is 1. The van der Waals surface area contributed by atoms with E-state index in [9.17, 15) is 5.26 Å². The van der Waals surface area contributed by atoms with Crippen molar-refractivity contribution in [3.8, 4) is 28.3 Å². The van der Waals surface area contributed by atoms with Gasteiger partial charge in [0.15, 0.2) is 0 Å². The Morgan fingerprint density at radius 1 is 0.531 bits per heavy atom. The van der Waals surface area contributed by atoms with E-state index < -0.39 is 5.41 Å². The molecule has 0 radical (unpaired) electrons. The standard InChI is InChI=1S/C45H25N3S/c46-26-27-17-20-31-32-21-18-28(24-38(32)45(37(31)23-27)35-12-4-7-15-42(35)49-43-16-8-5-13-36(43)45)29-19-22-39-41(25-29)48-40-14-6-3-10-33(40)30-9-1-2-11-34(30)44(48)47-39/h1-25H. The van der Waals surface area contributed by atoms with Gasteiger partial charge in [-0.25, -0.2) is 4.98 Å². The van der Waals surface area contributed by atoms with Crippen LogP contribution >= 0.6 is 11.8 Å². The van der Waals surface area contributed by atoms with E-state index in [1.54, 1.807) is 0 Å². The number of fused-ring (bicyclic) bond motifs is 17. The third kappa shape index (κ3) is 3.45. The predicted molar refractivity (Wildman–Crippen MR) is 199 cm³/mol. The van der Waals surface area contributed by atoms with Crippen molar-refractivity contribution in [1.29, 1.82) is 5.26 Å². The highest BCUT2D eigenvalue weighted by molar-refractivity contribution is 7.99. The number of imidazole rings is 1. The van der Waals surface area contributed by atoms with E-state index in [0.717, 1.165) is 38.7 Å². The molecule has 0 amide bonds. The highest BCUT2D eigenvalue weighted by Gasteiger charge is 2.50. The molecule has 0 N–H and O–H groups in total. The summed E-state index contributed by atoms with van der Waals surface area (Å²) in [4.78, 5) is 7.68. The Balaban J connectivity index is 1.21. The van der Waals surface area contributed by atoms with Crippen LogP contribution in [0.1, 0.15) is 27.8 Å². The molecule has 0 saturated heterocycles. The number of benzene rings is 7. The molecule has 1 aliphatic carbocycles. The van der Waals surface area contributed by atoms with Crippen molar-refractivity contribution in [2.75, 3.05) is 0 Å². The van der Waals surface area contributed by atoms with Gasteiger partial charge in [0, 0.05) is 20.6 Å². The minimum absolute atomic E-state index is 0.547. The zero-order valence-electron chi connectivity index (χ0n) is 26.2. The number of hydrogen-bond donors (Lipinski definition) is 0. The quantitative estimate of drug-likeness (QED) is 0.168. The largest absolute Gasteiger partial charge is 0.292 e. The number of hydrogen-bond acceptors (Lipinski definition) is 3. The Kier molecular flexibility index (Phi) is 5.32. The Hall–Kier alpha value is -6.15. The van der Waals surface area contributed by atoms with Gasteiger partial charge in [-0.05, 0) is 98.4 Å². The maximum Gasteiger partial charge on any atom is 0.146 e. The number of aromatic nitrogens is 2. The van der Waals surface area contributed by atoms with Gasteiger partial charge in [-0.3, -0.25) is 4.40 Å². The summed E-state index contributed by atoms with van der Waals surface area (Å²) in [7, 11) is 0. The molecule has 0 bridgehead atoms. The second-order valence-electron chi connectivity index (χ2n) is 13.0. The van der Waals surface area contributed by atoms with Crippen LogP contribution < -0.4 is 0 Å². The minimum atomic E-state index is -0.547. The van der Waals surface area contributed by atoms with E-state index in [1.807, 2.05) is 17.8 Å². The van der Waals surface area contributed by atoms with Crippen LogP contribution in [0.5, 0.6) is 0 Å². The molecule has 3 heterocycles. The van der Waals surface area contributed by atoms with Gasteiger partial charge >= 0.3 is 0 Å². The monoisotopic (exact) mass is 639 g/mol. The first-order valence-corrected chi connectivity index (χ1v) is 17.3. The van der Waals surface area contributed by atoms with Crippen LogP contribution in [-0.4, -0.2) is 9.38 Å². The van der Waals surface area contributed by atoms with Gasteiger partial charge in [-0.2, -0.15) is 5.26 Å². The van der Waals surface area contributed by atoms with Gasteiger partial charge in [0.2, 0.25) is 0 Å². The lowest BCUT2D eigenvalue weighted by molar-refractivity contribution is 0.722. The van der Waals surface area contributed by atoms with Crippen molar-refractivity contribution in [2.45, 2.75) is 15.2 Å². The van der Waals surface area contributed by atoms with E-state index in [0.29, 0.717) is 5.56 Å². The maximum absolute atomic E-state index is 10.1. The summed E-state index contributed by atoms with van der Waals surface area (Å²) in [6.07, 6.45) is 0. The lowest BCUT2D eigenvalue weighted by atomic mass is 9.67. The van der Waals surface area contributed by atoms with Crippen LogP contribution in [0.25, 0.3) is 60.6 Å². The minimum Gasteiger partial charge on any atom is -0.292 e. The van der Waals surface area contributed by atoms with Crippen molar-refractivity contribution >= 4 is 50.1 Å². The van der Waals surface area contributed by atoms with Crippen LogP contribution in [0.4, 0.5) is 0 Å². The van der Waals surface area contributed by atoms with Gasteiger partial charge < -0.3 is 0 Å². The molecule has 3 nitrogen and oxygen atoms in total. The van der Waals surface area contributed by atoms with Crippen LogP contribution in [0.3, 0.4) is 0 Å². The summed E-state index contributed by atoms with van der Waals surface area (Å²) < 4.78 is 2.33. The van der Waals surface area contributed by atoms with Gasteiger partial charge in [0.25, 0.3) is 0 Å². The summed E-state index contributed by atoms with van der Waals surface area (Å²) in [5.41, 5.74) is 14.0. The molecule has 0 fully saturated rings. The van der Waals surface area contributed by atoms with E-state index >= 15 is 0 Å². The molecule has 0 saturated carbocycles. The lowest BCUT2D eigenvalue weighted by Gasteiger charge is -2.39. The lowest BCUT2D eigenvalue weighted by Crippen LogP contribution is -2.32. The first-order chi connectivity index (χ1) is 24.2. The van der Waals surface area contributed by atoms with Gasteiger partial charge in [0.05, 0.1) is 33.6 Å². The average Bonchev–Trinajstić information content (AvgIpc) is 3.69. The van der Waals surface area contributed by atoms with Gasteiger partial charge in [-0.15, -0.1) is 0 Å². The maximum atomic E-state index is 10.1. The molecular formula is C45H25N3S. The van der Waals surface area contributed by atoms with Crippen molar-refractivity contribution in [3.63, 3.8) is 0 Å². The molecule has 1 spiro atoms. The molecule has 1 aliphatic heterocycles. The smallest absolute Gasteiger partial charge is 0.146 e. The molecule has 0 atom stereocenters. The topological polar surface area (TPSA) is 41.1 Å². The van der Waals surface area contributed by atoms with Gasteiger partial charge in [-0.1, -0.05) is 115 Å². The van der Waals surface area contributed by atoms with Crippen LogP contribution in [0, 0.1) is 11.3 Å². The molecule has 226 valence electrons. The molecule has 2 aliphatic rings. The molecule has 0 unspecified atom stereocenters. The summed E-state index contributed by atoms with van der Waals surface area (Å²) >= 11 is 1.83. The van der Waals surface area contributed by atoms with Gasteiger partial charge in [0.1, 0.15) is 5.65 Å². The summed E-state index contributed by atoms with van der Waals surface area (Å²) in [6.45, 7) is 0. The molecule has 9 aromatic rings. The van der Waals surface area contributed by atoms with Crippen molar-refractivity contribution in [2.24, 2.45) is 0 Å². The summed E-state index contributed by atoms with van der Waals surface area (Å²) in [5.74, 6) is 0. The van der Waals surface area contributed by atoms with Crippen molar-refractivity contribution in [3.05, 3.63) is 179 Å². The summed E-state index contributed by atoms with van der Waals surface area (Å²) in [5, 5.41) is 13.7. The second kappa shape index (κ2) is 9.70. The Bertz CT molecular complexity index is 2900. The third-order valence-electron chi connectivity index (χ3n) is 10.7. The SMILES string of the molecule is N#Cc1ccc2c(c1)C1(c3ccccc3Sc3ccccc31)c1cc(-c3ccc4nc5c6ccccc6c6ccccc6n5c4c3)ccc1-2. The summed E-state index contributed by atoms with van der Waals surface area (Å²) in [6, 6.07) is 57.1. The van der Waals surface area contributed by atoms with Crippen molar-refractivity contribution in [1.82, 2.24) is 9.38 Å². The number of pyridine rings is 1. The Morgan fingerprint density at radius 2 is 1.14 bits per heavy atom. The number of para-hydroxylation sites is 1. The Labute approximate surface area is 286 Å². The first-order valence-electron chi connectivity index (χ1n) is 16.5. The fourth-order valence-electron chi connectivity index (χ4n) is 8.64. The van der Waals surface area contributed by atoms with Crippen LogP contribution in [0.15, 0.2) is 161 Å². The molecular weight excluding hydrogens is 615 g/mol. The van der Waals surface area contributed by atoms with Crippen LogP contribution in [-0.2, 0) is 5.41 Å². The normalized spacial score (nSPS) is 13.8. The predicted octanol–water partition coefficient (Wildman–Crippen LogP) is 11.2. The molecule has 2 aromatic heterocycles. The third-order valence-corrected chi connectivity index (χ3v) is 11.8. The first kappa shape index (κ1) is 26.9. The van der Waals surface area contributed by atoms with E-state index in [4.69, 9.17) is 4.98 Å². The average molecular weight is 640 g/mol. The van der Waals surface area contributed by atoms with E-state index in [-0.39, 0.29) is 0 Å². The van der Waals surface area contributed by atoms with E-state index in [2.05, 4.69) is 156 Å². The zero-order valence-corrected chi connectivity index (χ0v) is 27.0. The molecule has 4 heteroatoms.